The second-order valence-corrected chi connectivity index (χ2v) is 6.18. The molecule has 0 aliphatic carbocycles. The van der Waals surface area contributed by atoms with Crippen molar-refractivity contribution in [1.82, 2.24) is 4.90 Å². The summed E-state index contributed by atoms with van der Waals surface area (Å²) in [4.78, 5) is 26.0. The van der Waals surface area contributed by atoms with E-state index < -0.39 is 35.9 Å². The van der Waals surface area contributed by atoms with E-state index in [1.807, 2.05) is 0 Å². The van der Waals surface area contributed by atoms with Crippen molar-refractivity contribution in [1.29, 1.82) is 0 Å². The lowest BCUT2D eigenvalue weighted by molar-refractivity contribution is -0.140. The lowest BCUT2D eigenvalue weighted by Gasteiger charge is -2.24. The molecule has 1 amide bonds. The van der Waals surface area contributed by atoms with Gasteiger partial charge < -0.3 is 15.1 Å². The molecule has 134 valence electrons. The Balaban J connectivity index is 2.21. The summed E-state index contributed by atoms with van der Waals surface area (Å²) in [5.74, 6) is -2.87. The molecular weight excluding hydrogens is 361 g/mol. The number of benzene rings is 2. The van der Waals surface area contributed by atoms with Crippen molar-refractivity contribution < 1.29 is 24.2 Å². The third-order valence-corrected chi connectivity index (χ3v) is 4.45. The number of amides is 1. The van der Waals surface area contributed by atoms with Crippen molar-refractivity contribution in [3.05, 3.63) is 76.1 Å². The summed E-state index contributed by atoms with van der Waals surface area (Å²) in [6.07, 6.45) is 0. The Bertz CT molecular complexity index is 895. The van der Waals surface area contributed by atoms with Crippen LogP contribution in [-0.4, -0.2) is 40.0 Å². The number of carbonyl (C=O) groups excluding carboxylic acids is 2. The molecule has 26 heavy (non-hydrogen) atoms. The van der Waals surface area contributed by atoms with Gasteiger partial charge in [0.2, 0.25) is 0 Å². The van der Waals surface area contributed by atoms with E-state index in [9.17, 15) is 24.2 Å². The fourth-order valence-electron chi connectivity index (χ4n) is 3.00. The predicted octanol–water partition coefficient (Wildman–Crippen LogP) is 2.89. The number of aliphatic hydroxyl groups is 2. The average Bonchev–Trinajstić information content (AvgIpc) is 2.87. The molecule has 2 aromatic carbocycles. The molecule has 1 aliphatic rings. The van der Waals surface area contributed by atoms with Crippen molar-refractivity contribution in [3.8, 4) is 0 Å². The maximum atomic E-state index is 14.4. The zero-order valence-electron chi connectivity index (χ0n) is 13.5. The summed E-state index contributed by atoms with van der Waals surface area (Å²) < 4.78 is 14.4. The molecule has 1 heterocycles. The van der Waals surface area contributed by atoms with Crippen LogP contribution in [0.25, 0.3) is 5.76 Å². The van der Waals surface area contributed by atoms with Gasteiger partial charge in [0.25, 0.3) is 11.7 Å². The van der Waals surface area contributed by atoms with Gasteiger partial charge in [-0.05, 0) is 30.3 Å². The van der Waals surface area contributed by atoms with Gasteiger partial charge in [-0.2, -0.15) is 0 Å². The van der Waals surface area contributed by atoms with Crippen molar-refractivity contribution >= 4 is 29.1 Å². The predicted molar refractivity (Wildman–Crippen MR) is 93.9 cm³/mol. The van der Waals surface area contributed by atoms with E-state index >= 15 is 0 Å². The maximum absolute atomic E-state index is 14.4. The van der Waals surface area contributed by atoms with Crippen molar-refractivity contribution in [2.24, 2.45) is 0 Å². The molecule has 0 bridgehead atoms. The first-order valence-electron chi connectivity index (χ1n) is 7.85. The van der Waals surface area contributed by atoms with Gasteiger partial charge in [-0.1, -0.05) is 29.8 Å². The molecule has 1 aliphatic heterocycles. The van der Waals surface area contributed by atoms with Gasteiger partial charge in [-0.25, -0.2) is 4.39 Å². The number of Topliss-reactive ketones (excluding diaryl/α,β-unsaturated/α-hetero) is 1. The molecule has 5 nitrogen and oxygen atoms in total. The lowest BCUT2D eigenvalue weighted by atomic mass is 9.95. The normalized spacial score (nSPS) is 19.2. The van der Waals surface area contributed by atoms with Crippen molar-refractivity contribution in [2.45, 2.75) is 6.04 Å². The third-order valence-electron chi connectivity index (χ3n) is 4.20. The Kier molecular flexibility index (Phi) is 5.06. The standard InChI is InChI=1S/C19H15ClFNO4/c20-12-7-5-11(6-8-12)17(24)15-16(13-3-1-2-4-14(13)21)22(9-10-23)19(26)18(15)25/h1-8,16,23-24H,9-10H2. The van der Waals surface area contributed by atoms with Crippen LogP contribution < -0.4 is 0 Å². The fraction of sp³-hybridized carbons (Fsp3) is 0.158. The number of ketones is 1. The van der Waals surface area contributed by atoms with Crippen LogP contribution in [0.5, 0.6) is 0 Å². The summed E-state index contributed by atoms with van der Waals surface area (Å²) in [6.45, 7) is -0.570. The minimum absolute atomic E-state index is 0.0654. The number of β-amino-alcohol motifs (C(OH)–C–C–N with tert-alkyl or cyclic N) is 1. The molecule has 7 heteroatoms. The topological polar surface area (TPSA) is 77.8 Å². The van der Waals surface area contributed by atoms with Gasteiger partial charge in [0, 0.05) is 22.7 Å². The van der Waals surface area contributed by atoms with Crippen molar-refractivity contribution in [2.75, 3.05) is 13.2 Å². The van der Waals surface area contributed by atoms with E-state index in [1.54, 1.807) is 6.07 Å². The number of halogens is 2. The third kappa shape index (κ3) is 3.09. The molecule has 3 rings (SSSR count). The minimum atomic E-state index is -1.13. The Hall–Kier alpha value is -2.70. The molecule has 1 atom stereocenters. The molecule has 2 N–H and O–H groups in total. The van der Waals surface area contributed by atoms with Gasteiger partial charge in [0.05, 0.1) is 18.2 Å². The summed E-state index contributed by atoms with van der Waals surface area (Å²) in [5, 5.41) is 20.3. The largest absolute Gasteiger partial charge is 0.507 e. The number of aliphatic hydroxyl groups excluding tert-OH is 2. The SMILES string of the molecule is O=C1C(=O)N(CCO)C(c2ccccc2F)C1=C(O)c1ccc(Cl)cc1. The van der Waals surface area contributed by atoms with Crippen LogP contribution in [0.15, 0.2) is 54.1 Å². The molecule has 1 saturated heterocycles. The van der Waals surface area contributed by atoms with Gasteiger partial charge in [-0.15, -0.1) is 0 Å². The highest BCUT2D eigenvalue weighted by Crippen LogP contribution is 2.40. The van der Waals surface area contributed by atoms with Crippen LogP contribution in [0.2, 0.25) is 5.02 Å². The number of hydrogen-bond donors (Lipinski definition) is 2. The Morgan fingerprint density at radius 1 is 1.12 bits per heavy atom. The first kappa shape index (κ1) is 18.1. The van der Waals surface area contributed by atoms with Gasteiger partial charge >= 0.3 is 0 Å². The zero-order chi connectivity index (χ0) is 18.8. The van der Waals surface area contributed by atoms with Crippen molar-refractivity contribution in [3.63, 3.8) is 0 Å². The second-order valence-electron chi connectivity index (χ2n) is 5.74. The van der Waals surface area contributed by atoms with E-state index in [0.717, 1.165) is 4.90 Å². The van der Waals surface area contributed by atoms with Crippen LogP contribution in [-0.2, 0) is 9.59 Å². The monoisotopic (exact) mass is 375 g/mol. The van der Waals surface area contributed by atoms with Gasteiger partial charge in [-0.3, -0.25) is 9.59 Å². The molecule has 0 radical (unpaired) electrons. The van der Waals surface area contributed by atoms with E-state index in [2.05, 4.69) is 0 Å². The summed E-state index contributed by atoms with van der Waals surface area (Å²) >= 11 is 5.83. The Morgan fingerprint density at radius 3 is 2.38 bits per heavy atom. The number of likely N-dealkylation sites (tertiary alicyclic amines) is 1. The van der Waals surface area contributed by atoms with E-state index in [0.29, 0.717) is 5.02 Å². The molecular formula is C19H15ClFNO4. The van der Waals surface area contributed by atoms with Crippen LogP contribution in [0.1, 0.15) is 17.2 Å². The Labute approximate surface area is 153 Å². The fourth-order valence-corrected chi connectivity index (χ4v) is 3.13. The highest BCUT2D eigenvalue weighted by atomic mass is 35.5. The quantitative estimate of drug-likeness (QED) is 0.489. The first-order chi connectivity index (χ1) is 12.5. The van der Waals surface area contributed by atoms with Gasteiger partial charge in [0.1, 0.15) is 11.6 Å². The number of rotatable bonds is 4. The summed E-state index contributed by atoms with van der Waals surface area (Å²) in [5.41, 5.74) is 0.115. The highest BCUT2D eigenvalue weighted by molar-refractivity contribution is 6.46. The molecule has 0 spiro atoms. The summed E-state index contributed by atoms with van der Waals surface area (Å²) in [6, 6.07) is 10.6. The van der Waals surface area contributed by atoms with Crippen LogP contribution in [0.4, 0.5) is 4.39 Å². The first-order valence-corrected chi connectivity index (χ1v) is 8.23. The molecule has 1 unspecified atom stereocenters. The summed E-state index contributed by atoms with van der Waals surface area (Å²) in [7, 11) is 0. The molecule has 1 fully saturated rings. The number of nitrogens with zero attached hydrogens (tertiary/aromatic N) is 1. The lowest BCUT2D eigenvalue weighted by Crippen LogP contribution is -2.32. The maximum Gasteiger partial charge on any atom is 0.295 e. The smallest absolute Gasteiger partial charge is 0.295 e. The Morgan fingerprint density at radius 2 is 1.77 bits per heavy atom. The van der Waals surface area contributed by atoms with E-state index in [4.69, 9.17) is 11.6 Å². The zero-order valence-corrected chi connectivity index (χ0v) is 14.3. The van der Waals surface area contributed by atoms with Gasteiger partial charge in [0.15, 0.2) is 0 Å². The molecule has 0 aromatic heterocycles. The average molecular weight is 376 g/mol. The molecule has 0 saturated carbocycles. The van der Waals surface area contributed by atoms with Crippen LogP contribution >= 0.6 is 11.6 Å². The van der Waals surface area contributed by atoms with E-state index in [-0.39, 0.29) is 23.2 Å². The minimum Gasteiger partial charge on any atom is -0.507 e. The molecule has 2 aromatic rings. The van der Waals surface area contributed by atoms with Crippen LogP contribution in [0.3, 0.4) is 0 Å². The number of hydrogen-bond acceptors (Lipinski definition) is 4. The second kappa shape index (κ2) is 7.27. The van der Waals surface area contributed by atoms with Crippen LogP contribution in [0, 0.1) is 5.82 Å². The number of carbonyl (C=O) groups is 2. The highest BCUT2D eigenvalue weighted by Gasteiger charge is 2.46. The van der Waals surface area contributed by atoms with E-state index in [1.165, 1.54) is 42.5 Å².